The molecule has 1 aliphatic carbocycles. The lowest BCUT2D eigenvalue weighted by molar-refractivity contribution is -0.133. The molecule has 0 bridgehead atoms. The molecule has 1 saturated carbocycles. The zero-order chi connectivity index (χ0) is 23.9. The number of ether oxygens (including phenoxy) is 1. The van der Waals surface area contributed by atoms with Gasteiger partial charge < -0.3 is 14.6 Å². The third-order valence-corrected chi connectivity index (χ3v) is 6.85. The third kappa shape index (κ3) is 4.00. The van der Waals surface area contributed by atoms with E-state index < -0.39 is 18.2 Å². The van der Waals surface area contributed by atoms with E-state index in [9.17, 15) is 23.2 Å². The number of halogens is 2. The van der Waals surface area contributed by atoms with E-state index in [4.69, 9.17) is 0 Å². The van der Waals surface area contributed by atoms with Crippen molar-refractivity contribution in [3.05, 3.63) is 47.3 Å². The normalized spacial score (nSPS) is 22.8. The lowest BCUT2D eigenvalue weighted by Gasteiger charge is -2.36. The molecule has 33 heavy (non-hydrogen) atoms. The lowest BCUT2D eigenvalue weighted by Crippen LogP contribution is -2.54. The van der Waals surface area contributed by atoms with Crippen LogP contribution < -0.4 is 10.1 Å². The molecule has 1 aliphatic heterocycles. The van der Waals surface area contributed by atoms with Crippen molar-refractivity contribution in [3.8, 4) is 11.4 Å². The van der Waals surface area contributed by atoms with Gasteiger partial charge in [0.25, 0.3) is 5.91 Å². The minimum atomic E-state index is -2.91. The molecule has 2 atom stereocenters. The number of rotatable bonds is 6. The van der Waals surface area contributed by atoms with Crippen LogP contribution in [0.2, 0.25) is 0 Å². The highest BCUT2D eigenvalue weighted by Gasteiger charge is 2.55. The van der Waals surface area contributed by atoms with Gasteiger partial charge in [0.05, 0.1) is 6.54 Å². The Hall–Kier alpha value is -3.23. The number of benzene rings is 1. The van der Waals surface area contributed by atoms with E-state index in [-0.39, 0.29) is 29.9 Å². The highest BCUT2D eigenvalue weighted by molar-refractivity contribution is 6.11. The summed E-state index contributed by atoms with van der Waals surface area (Å²) in [6.45, 7) is 2.31. The number of urea groups is 1. The number of nitrogens with zero attached hydrogens (tertiary/aromatic N) is 2. The average Bonchev–Trinajstić information content (AvgIpc) is 3.19. The molecule has 0 unspecified atom stereocenters. The molecule has 9 heteroatoms. The Kier molecular flexibility index (Phi) is 5.99. The fourth-order valence-electron chi connectivity index (χ4n) is 5.09. The maximum absolute atomic E-state index is 13.2. The van der Waals surface area contributed by atoms with Crippen molar-refractivity contribution in [2.45, 2.75) is 58.6 Å². The number of Topliss-reactive ketones (excluding diaryl/α,β-unsaturated/α-hetero) is 1. The molecule has 1 aromatic heterocycles. The van der Waals surface area contributed by atoms with Crippen LogP contribution in [0.1, 0.15) is 54.4 Å². The summed E-state index contributed by atoms with van der Waals surface area (Å²) in [5, 5.41) is 2.87. The van der Waals surface area contributed by atoms with Crippen LogP contribution in [0, 0.1) is 19.8 Å². The van der Waals surface area contributed by atoms with Crippen LogP contribution in [0.4, 0.5) is 13.6 Å². The predicted molar refractivity (Wildman–Crippen MR) is 117 cm³/mol. The van der Waals surface area contributed by atoms with E-state index in [1.54, 1.807) is 25.1 Å². The lowest BCUT2D eigenvalue weighted by atomic mass is 9.73. The molecule has 7 nitrogen and oxygen atoms in total. The van der Waals surface area contributed by atoms with Crippen molar-refractivity contribution in [1.82, 2.24) is 14.8 Å². The van der Waals surface area contributed by atoms with Gasteiger partial charge in [-0.15, -0.1) is 0 Å². The summed E-state index contributed by atoms with van der Waals surface area (Å²) in [4.78, 5) is 40.0. The Morgan fingerprint density at radius 2 is 1.91 bits per heavy atom. The number of alkyl halides is 2. The number of nitrogens with one attached hydrogen (secondary N) is 1. The summed E-state index contributed by atoms with van der Waals surface area (Å²) >= 11 is 0. The van der Waals surface area contributed by atoms with Crippen molar-refractivity contribution in [2.75, 3.05) is 6.54 Å². The number of carbonyl (C=O) groups is 3. The summed E-state index contributed by atoms with van der Waals surface area (Å²) in [5.74, 6) is -0.602. The van der Waals surface area contributed by atoms with Crippen molar-refractivity contribution in [2.24, 2.45) is 5.92 Å². The highest BCUT2D eigenvalue weighted by Crippen LogP contribution is 2.38. The average molecular weight is 459 g/mol. The van der Waals surface area contributed by atoms with E-state index in [1.165, 1.54) is 12.1 Å². The van der Waals surface area contributed by atoms with Crippen LogP contribution in [-0.2, 0) is 4.79 Å². The van der Waals surface area contributed by atoms with E-state index >= 15 is 0 Å². The van der Waals surface area contributed by atoms with Gasteiger partial charge in [0, 0.05) is 22.6 Å². The molecular formula is C24H27F2N3O4. The van der Waals surface area contributed by atoms with Crippen molar-refractivity contribution in [3.63, 3.8) is 0 Å². The number of hydrogen-bond donors (Lipinski definition) is 1. The third-order valence-electron chi connectivity index (χ3n) is 6.85. The second-order valence-corrected chi connectivity index (χ2v) is 8.86. The van der Waals surface area contributed by atoms with Gasteiger partial charge in [-0.05, 0) is 62.9 Å². The first-order chi connectivity index (χ1) is 15.6. The summed E-state index contributed by atoms with van der Waals surface area (Å²) in [7, 11) is 0. The quantitative estimate of drug-likeness (QED) is 0.514. The largest absolute Gasteiger partial charge is 0.435 e. The molecule has 0 radical (unpaired) electrons. The molecule has 2 aromatic rings. The first-order valence-electron chi connectivity index (χ1n) is 11.1. The fourth-order valence-corrected chi connectivity index (χ4v) is 5.09. The zero-order valence-electron chi connectivity index (χ0n) is 18.9. The van der Waals surface area contributed by atoms with Crippen LogP contribution in [0.5, 0.6) is 5.75 Å². The molecule has 1 aromatic carbocycles. The number of ketones is 1. The molecule has 2 aliphatic rings. The Labute approximate surface area is 190 Å². The molecule has 176 valence electrons. The molecule has 1 spiro atoms. The Morgan fingerprint density at radius 3 is 2.55 bits per heavy atom. The van der Waals surface area contributed by atoms with E-state index in [0.717, 1.165) is 29.9 Å². The van der Waals surface area contributed by atoms with Gasteiger partial charge in [-0.2, -0.15) is 8.78 Å². The second-order valence-electron chi connectivity index (χ2n) is 8.86. The minimum absolute atomic E-state index is 0.0184. The molecule has 2 heterocycles. The van der Waals surface area contributed by atoms with Gasteiger partial charge in [-0.3, -0.25) is 14.5 Å². The SMILES string of the molecule is Cc1cc(C(=O)CN2C(=O)N[C@@]3(CCCC[C@H]3C)C2=O)c(C)n1-c1ccc(OC(F)F)cc1. The van der Waals surface area contributed by atoms with Crippen LogP contribution in [0.25, 0.3) is 5.69 Å². The van der Waals surface area contributed by atoms with Crippen molar-refractivity contribution >= 4 is 17.7 Å². The van der Waals surface area contributed by atoms with Gasteiger partial charge in [-0.25, -0.2) is 4.79 Å². The van der Waals surface area contributed by atoms with Crippen LogP contribution in [0.15, 0.2) is 30.3 Å². The topological polar surface area (TPSA) is 80.6 Å². The summed E-state index contributed by atoms with van der Waals surface area (Å²) in [6.07, 6.45) is 3.33. The first kappa shape index (κ1) is 22.9. The van der Waals surface area contributed by atoms with Gasteiger partial charge in [0.15, 0.2) is 5.78 Å². The van der Waals surface area contributed by atoms with Crippen LogP contribution >= 0.6 is 0 Å². The Bertz CT molecular complexity index is 1100. The van der Waals surface area contributed by atoms with Gasteiger partial charge in [0.1, 0.15) is 11.3 Å². The number of carbonyl (C=O) groups excluding carboxylic acids is 3. The fraction of sp³-hybridized carbons (Fsp3) is 0.458. The van der Waals surface area contributed by atoms with E-state index in [0.29, 0.717) is 23.4 Å². The van der Waals surface area contributed by atoms with Crippen molar-refractivity contribution in [1.29, 1.82) is 0 Å². The smallest absolute Gasteiger partial charge is 0.387 e. The second kappa shape index (κ2) is 8.61. The molecule has 1 N–H and O–H groups in total. The minimum Gasteiger partial charge on any atom is -0.435 e. The Morgan fingerprint density at radius 1 is 1.21 bits per heavy atom. The molecular weight excluding hydrogens is 432 g/mol. The first-order valence-corrected chi connectivity index (χ1v) is 11.1. The Balaban J connectivity index is 1.55. The monoisotopic (exact) mass is 459 g/mol. The molecule has 4 rings (SSSR count). The van der Waals surface area contributed by atoms with Gasteiger partial charge in [-0.1, -0.05) is 19.8 Å². The maximum atomic E-state index is 13.2. The molecule has 3 amide bonds. The maximum Gasteiger partial charge on any atom is 0.387 e. The van der Waals surface area contributed by atoms with E-state index in [1.807, 2.05) is 18.4 Å². The summed E-state index contributed by atoms with van der Waals surface area (Å²) in [5.41, 5.74) is 1.56. The van der Waals surface area contributed by atoms with Gasteiger partial charge >= 0.3 is 12.6 Å². The molecule has 2 fully saturated rings. The van der Waals surface area contributed by atoms with Crippen LogP contribution in [0.3, 0.4) is 0 Å². The number of hydrogen-bond acceptors (Lipinski definition) is 4. The zero-order valence-corrected chi connectivity index (χ0v) is 18.9. The highest BCUT2D eigenvalue weighted by atomic mass is 19.3. The number of aryl methyl sites for hydroxylation is 1. The van der Waals surface area contributed by atoms with Crippen molar-refractivity contribution < 1.29 is 27.9 Å². The van der Waals surface area contributed by atoms with E-state index in [2.05, 4.69) is 10.1 Å². The van der Waals surface area contributed by atoms with Gasteiger partial charge in [0.2, 0.25) is 0 Å². The number of amides is 3. The summed E-state index contributed by atoms with van der Waals surface area (Å²) in [6, 6.07) is 7.29. The number of aromatic nitrogens is 1. The predicted octanol–water partition coefficient (Wildman–Crippen LogP) is 4.38. The van der Waals surface area contributed by atoms with Crippen LogP contribution in [-0.4, -0.2) is 45.9 Å². The summed E-state index contributed by atoms with van der Waals surface area (Å²) < 4.78 is 31.0. The molecule has 1 saturated heterocycles. The number of imide groups is 1. The standard InChI is InChI=1S/C24H27F2N3O4/c1-14-6-4-5-11-24(14)21(31)28(23(32)27-24)13-20(30)19-12-15(2)29(16(19)3)17-7-9-18(10-8-17)33-22(25)26/h7-10,12,14,22H,4-6,11,13H2,1-3H3,(H,27,32)/t14-,24-/m1/s1.